The van der Waals surface area contributed by atoms with E-state index < -0.39 is 12.1 Å². The Morgan fingerprint density at radius 2 is 1.26 bits per heavy atom. The molecule has 0 bridgehead atoms. The SMILES string of the molecule is [C-]#[N+]c1ccc(C([N-]c2ccccc2[S-])C([N-]c2ccccc2[S-])c2ccc(C#N)cc2[N+]#[C-])c(C#N)c1.[Ni]. The van der Waals surface area contributed by atoms with E-state index in [1.165, 1.54) is 12.1 Å². The Labute approximate surface area is 248 Å². The topological polar surface area (TPSA) is 84.5 Å². The summed E-state index contributed by atoms with van der Waals surface area (Å²) in [6.07, 6.45) is 0. The van der Waals surface area contributed by atoms with Gasteiger partial charge in [-0.25, -0.2) is 9.69 Å². The van der Waals surface area contributed by atoms with Gasteiger partial charge < -0.3 is 35.9 Å². The van der Waals surface area contributed by atoms with Gasteiger partial charge in [0.2, 0.25) is 0 Å². The smallest absolute Gasteiger partial charge is 0.190 e. The van der Waals surface area contributed by atoms with Crippen molar-refractivity contribution in [2.75, 3.05) is 0 Å². The molecule has 0 heterocycles. The third-order valence-corrected chi connectivity index (χ3v) is 6.48. The van der Waals surface area contributed by atoms with E-state index in [4.69, 9.17) is 49.0 Å². The van der Waals surface area contributed by atoms with Crippen molar-refractivity contribution in [3.8, 4) is 12.1 Å². The minimum atomic E-state index is -0.809. The van der Waals surface area contributed by atoms with Crippen molar-refractivity contribution in [2.24, 2.45) is 0 Å². The maximum atomic E-state index is 10.0. The fourth-order valence-electron chi connectivity index (χ4n) is 3.98. The van der Waals surface area contributed by atoms with Crippen LogP contribution in [0.4, 0.5) is 22.7 Å². The summed E-state index contributed by atoms with van der Waals surface area (Å²) in [6, 6.07) is 26.6. The van der Waals surface area contributed by atoms with Crippen LogP contribution in [0.15, 0.2) is 94.7 Å². The Hall–Kier alpha value is -4.63. The van der Waals surface area contributed by atoms with E-state index in [2.05, 4.69) is 21.8 Å². The molecule has 0 aromatic heterocycles. The molecule has 39 heavy (non-hydrogen) atoms. The van der Waals surface area contributed by atoms with E-state index in [1.54, 1.807) is 48.5 Å². The van der Waals surface area contributed by atoms with Crippen LogP contribution in [0, 0.1) is 35.8 Å². The number of benzene rings is 4. The van der Waals surface area contributed by atoms with Gasteiger partial charge in [0.05, 0.1) is 25.3 Å². The van der Waals surface area contributed by atoms with E-state index in [0.29, 0.717) is 43.5 Å². The van der Waals surface area contributed by atoms with Crippen LogP contribution in [0.3, 0.4) is 0 Å². The van der Waals surface area contributed by atoms with Crippen molar-refractivity contribution in [2.45, 2.75) is 21.9 Å². The first kappa shape index (κ1) is 28.9. The zero-order valence-corrected chi connectivity index (χ0v) is 22.7. The van der Waals surface area contributed by atoms with Gasteiger partial charge in [-0.3, -0.25) is 0 Å². The first-order chi connectivity index (χ1) is 18.5. The second kappa shape index (κ2) is 13.3. The van der Waals surface area contributed by atoms with E-state index >= 15 is 0 Å². The normalized spacial score (nSPS) is 11.3. The van der Waals surface area contributed by atoms with Gasteiger partial charge in [0, 0.05) is 27.6 Å². The Morgan fingerprint density at radius 1 is 0.692 bits per heavy atom. The van der Waals surface area contributed by atoms with Gasteiger partial charge in [-0.1, -0.05) is 72.3 Å². The van der Waals surface area contributed by atoms with E-state index in [9.17, 15) is 10.5 Å². The third kappa shape index (κ3) is 6.45. The van der Waals surface area contributed by atoms with Crippen molar-refractivity contribution < 1.29 is 16.5 Å². The van der Waals surface area contributed by atoms with Crippen LogP contribution in [-0.4, -0.2) is 0 Å². The molecule has 4 aromatic rings. The molecule has 4 rings (SSSR count). The molecule has 0 fully saturated rings. The second-order valence-corrected chi connectivity index (χ2v) is 8.96. The average molecular weight is 583 g/mol. The summed E-state index contributed by atoms with van der Waals surface area (Å²) in [4.78, 5) is 8.16. The van der Waals surface area contributed by atoms with Crippen molar-refractivity contribution >= 4 is 48.0 Å². The molecule has 4 aromatic carbocycles. The van der Waals surface area contributed by atoms with Gasteiger partial charge in [-0.05, 0) is 23.8 Å². The van der Waals surface area contributed by atoms with E-state index in [1.807, 2.05) is 24.3 Å². The number of nitrogens with zero attached hydrogens (tertiary/aromatic N) is 6. The number of rotatable bonds is 7. The molecule has 2 atom stereocenters. The van der Waals surface area contributed by atoms with Gasteiger partial charge in [0.1, 0.15) is 0 Å². The van der Waals surface area contributed by atoms with Crippen LogP contribution >= 0.6 is 0 Å². The molecule has 0 radical (unpaired) electrons. The van der Waals surface area contributed by atoms with Crippen LogP contribution in [0.25, 0.3) is 20.3 Å². The molecule has 0 N–H and O–H groups in total. The zero-order chi connectivity index (χ0) is 27.1. The Morgan fingerprint density at radius 3 is 1.77 bits per heavy atom. The van der Waals surface area contributed by atoms with Gasteiger partial charge in [0.25, 0.3) is 0 Å². The summed E-state index contributed by atoms with van der Waals surface area (Å²) in [7, 11) is 0. The van der Waals surface area contributed by atoms with E-state index in [0.717, 1.165) is 0 Å². The average Bonchev–Trinajstić information content (AvgIpc) is 2.96. The van der Waals surface area contributed by atoms with Gasteiger partial charge in [0.15, 0.2) is 11.4 Å². The van der Waals surface area contributed by atoms with Gasteiger partial charge in [-0.2, -0.15) is 31.7 Å². The predicted molar refractivity (Wildman–Crippen MR) is 151 cm³/mol. The molecular formula is C30H16N6NiS2-4. The predicted octanol–water partition coefficient (Wildman–Crippen LogP) is 8.53. The molecule has 192 valence electrons. The van der Waals surface area contributed by atoms with Crippen molar-refractivity contribution in [1.82, 2.24) is 0 Å². The maximum Gasteiger partial charge on any atom is 0.190 e. The first-order valence-corrected chi connectivity index (χ1v) is 12.1. The number of nitriles is 2. The third-order valence-electron chi connectivity index (χ3n) is 5.79. The molecular weight excluding hydrogens is 567 g/mol. The molecule has 0 aliphatic rings. The largest absolute Gasteiger partial charge is 0.781 e. The number of para-hydroxylation sites is 2. The summed E-state index contributed by atoms with van der Waals surface area (Å²) >= 11 is 11.1. The van der Waals surface area contributed by atoms with Crippen LogP contribution in [0.5, 0.6) is 0 Å². The monoisotopic (exact) mass is 582 g/mol. The Bertz CT molecular complexity index is 1550. The fraction of sp³-hybridized carbons (Fsp3) is 0.0667. The quantitative estimate of drug-likeness (QED) is 0.124. The summed E-state index contributed by atoms with van der Waals surface area (Å²) in [5, 5.41) is 29.4. The van der Waals surface area contributed by atoms with Crippen LogP contribution in [0.2, 0.25) is 0 Å². The zero-order valence-electron chi connectivity index (χ0n) is 20.1. The first-order valence-electron chi connectivity index (χ1n) is 11.3. The van der Waals surface area contributed by atoms with E-state index in [-0.39, 0.29) is 27.7 Å². The maximum absolute atomic E-state index is 10.0. The van der Waals surface area contributed by atoms with Gasteiger partial charge in [-0.15, -0.1) is 12.1 Å². The molecule has 9 heteroatoms. The van der Waals surface area contributed by atoms with Crippen molar-refractivity contribution in [3.63, 3.8) is 0 Å². The summed E-state index contributed by atoms with van der Waals surface area (Å²) in [6.45, 7) is 15.2. The Kier molecular flexibility index (Phi) is 9.83. The second-order valence-electron chi connectivity index (χ2n) is 8.08. The molecule has 0 aliphatic heterocycles. The Balaban J connectivity index is 0.00000420. The number of hydrogen-bond donors (Lipinski definition) is 0. The molecule has 0 saturated carbocycles. The molecule has 2 unspecified atom stereocenters. The molecule has 6 nitrogen and oxygen atoms in total. The van der Waals surface area contributed by atoms with Gasteiger partial charge >= 0.3 is 0 Å². The standard InChI is InChI=1S/C30H18N6S2.Ni/c1-33-21-12-14-22(20(16-21)18-32)29(35-24-7-3-5-9-27(24)37)30(36-25-8-4-6-10-28(25)38)23-13-11-19(17-31)15-26(23)34-2;/h3-16,29-30,37-38H;/q-2;/p-2. The molecule has 0 spiro atoms. The molecule has 0 amide bonds. The minimum absolute atomic E-state index is 0. The fourth-order valence-corrected chi connectivity index (χ4v) is 4.38. The van der Waals surface area contributed by atoms with Crippen molar-refractivity contribution in [1.29, 1.82) is 10.5 Å². The molecule has 0 saturated heterocycles. The minimum Gasteiger partial charge on any atom is -0.781 e. The summed E-state index contributed by atoms with van der Waals surface area (Å²) < 4.78 is 0. The van der Waals surface area contributed by atoms with Crippen LogP contribution < -0.4 is 0 Å². The summed E-state index contributed by atoms with van der Waals surface area (Å²) in [5.41, 5.74) is 3.25. The van der Waals surface area contributed by atoms with Crippen LogP contribution in [-0.2, 0) is 41.7 Å². The van der Waals surface area contributed by atoms with Crippen LogP contribution in [0.1, 0.15) is 34.3 Å². The number of hydrogen-bond acceptors (Lipinski definition) is 4. The molecule has 0 aliphatic carbocycles. The summed E-state index contributed by atoms with van der Waals surface area (Å²) in [5.74, 6) is 0. The van der Waals surface area contributed by atoms with Crippen molar-refractivity contribution in [3.05, 3.63) is 141 Å².